The largest absolute Gasteiger partial charge is 0.352 e. The van der Waals surface area contributed by atoms with Gasteiger partial charge in [0.15, 0.2) is 0 Å². The highest BCUT2D eigenvalue weighted by molar-refractivity contribution is 7.99. The number of amides is 1. The summed E-state index contributed by atoms with van der Waals surface area (Å²) in [7, 11) is 1.89. The minimum atomic E-state index is 0.0420. The van der Waals surface area contributed by atoms with Gasteiger partial charge in [0.2, 0.25) is 5.91 Å². The Morgan fingerprint density at radius 1 is 1.45 bits per heavy atom. The summed E-state index contributed by atoms with van der Waals surface area (Å²) in [5.41, 5.74) is 2.73. The lowest BCUT2D eigenvalue weighted by Crippen LogP contribution is -2.39. The Kier molecular flexibility index (Phi) is 3.69. The molecule has 1 aliphatic rings. The van der Waals surface area contributed by atoms with Crippen LogP contribution in [0.1, 0.15) is 18.5 Å². The summed E-state index contributed by atoms with van der Waals surface area (Å²) in [6, 6.07) is 0.331. The molecule has 0 atom stereocenters. The van der Waals surface area contributed by atoms with Crippen molar-refractivity contribution in [3.05, 3.63) is 11.9 Å². The molecule has 0 unspecified atom stereocenters. The number of aryl methyl sites for hydroxylation is 2. The molecule has 3 heterocycles. The lowest BCUT2D eigenvalue weighted by Gasteiger charge is -2.22. The van der Waals surface area contributed by atoms with Gasteiger partial charge in [-0.15, -0.1) is 0 Å². The van der Waals surface area contributed by atoms with Crippen molar-refractivity contribution < 1.29 is 4.79 Å². The molecule has 1 amide bonds. The number of nitrogens with one attached hydrogen (secondary N) is 1. The third kappa shape index (κ3) is 2.67. The van der Waals surface area contributed by atoms with Crippen molar-refractivity contribution in [3.8, 4) is 0 Å². The number of thioether (sulfide) groups is 1. The molecule has 0 bridgehead atoms. The summed E-state index contributed by atoms with van der Waals surface area (Å²) in [6.45, 7) is 2.21. The molecule has 108 valence electrons. The van der Waals surface area contributed by atoms with Crippen LogP contribution in [0.2, 0.25) is 0 Å². The van der Waals surface area contributed by atoms with Crippen molar-refractivity contribution in [2.45, 2.75) is 32.4 Å². The van der Waals surface area contributed by atoms with Crippen molar-refractivity contribution in [3.63, 3.8) is 0 Å². The third-order valence-electron chi connectivity index (χ3n) is 3.63. The lowest BCUT2D eigenvalue weighted by atomic mass is 10.1. The first-order chi connectivity index (χ1) is 9.63. The van der Waals surface area contributed by atoms with Gasteiger partial charge in [-0.25, -0.2) is 0 Å². The summed E-state index contributed by atoms with van der Waals surface area (Å²) in [4.78, 5) is 12.0. The van der Waals surface area contributed by atoms with Crippen molar-refractivity contribution in [1.82, 2.24) is 24.9 Å². The number of fused-ring (bicyclic) bond motifs is 1. The summed E-state index contributed by atoms with van der Waals surface area (Å²) in [5, 5.41) is 11.8. The van der Waals surface area contributed by atoms with Crippen LogP contribution in [0.15, 0.2) is 6.20 Å². The van der Waals surface area contributed by atoms with Crippen LogP contribution in [-0.2, 0) is 18.4 Å². The van der Waals surface area contributed by atoms with Crippen LogP contribution in [0, 0.1) is 6.92 Å². The van der Waals surface area contributed by atoms with Crippen molar-refractivity contribution in [1.29, 1.82) is 0 Å². The topological polar surface area (TPSA) is 64.7 Å². The summed E-state index contributed by atoms with van der Waals surface area (Å²) in [5.74, 6) is 2.32. The zero-order valence-corrected chi connectivity index (χ0v) is 12.6. The predicted octanol–water partition coefficient (Wildman–Crippen LogP) is 1.09. The van der Waals surface area contributed by atoms with Gasteiger partial charge < -0.3 is 5.32 Å². The average Bonchev–Trinajstić information content (AvgIpc) is 2.93. The Bertz CT molecular complexity index is 592. The highest BCUT2D eigenvalue weighted by atomic mass is 32.2. The summed E-state index contributed by atoms with van der Waals surface area (Å²) < 4.78 is 3.50. The van der Waals surface area contributed by atoms with Gasteiger partial charge in [-0.3, -0.25) is 14.2 Å². The van der Waals surface area contributed by atoms with Gasteiger partial charge in [-0.2, -0.15) is 22.0 Å². The normalized spacial score (nSPS) is 16.7. The Morgan fingerprint density at radius 3 is 2.90 bits per heavy atom. The Morgan fingerprint density at radius 2 is 2.20 bits per heavy atom. The molecule has 0 aliphatic carbocycles. The molecule has 0 aromatic carbocycles. The quantitative estimate of drug-likeness (QED) is 0.920. The number of carbonyl (C=O) groups excluding carboxylic acids is 1. The molecular formula is C13H19N5OS. The molecule has 1 fully saturated rings. The molecular weight excluding hydrogens is 274 g/mol. The molecule has 1 N–H and O–H groups in total. The fourth-order valence-electron chi connectivity index (χ4n) is 2.57. The van der Waals surface area contributed by atoms with Crippen LogP contribution in [0.3, 0.4) is 0 Å². The molecule has 7 heteroatoms. The standard InChI is InChI=1S/C13H19N5OS/c1-9-13-11(17(2)15-9)7-18(16-13)8-12(19)14-10-3-5-20-6-4-10/h7,10H,3-6,8H2,1-2H3,(H,14,19). The van der Waals surface area contributed by atoms with E-state index in [-0.39, 0.29) is 12.5 Å². The van der Waals surface area contributed by atoms with Gasteiger partial charge >= 0.3 is 0 Å². The molecule has 2 aromatic heterocycles. The predicted molar refractivity (Wildman–Crippen MR) is 79.7 cm³/mol. The van der Waals surface area contributed by atoms with E-state index in [1.165, 1.54) is 0 Å². The SMILES string of the molecule is Cc1nn(C)c2cn(CC(=O)NC3CCSCC3)nc12. The van der Waals surface area contributed by atoms with E-state index in [2.05, 4.69) is 15.5 Å². The highest BCUT2D eigenvalue weighted by Crippen LogP contribution is 2.17. The summed E-state index contributed by atoms with van der Waals surface area (Å²) in [6.07, 6.45) is 4.02. The van der Waals surface area contributed by atoms with E-state index in [0.717, 1.165) is 41.1 Å². The molecule has 20 heavy (non-hydrogen) atoms. The van der Waals surface area contributed by atoms with Gasteiger partial charge in [-0.1, -0.05) is 0 Å². The van der Waals surface area contributed by atoms with E-state index in [1.54, 1.807) is 9.36 Å². The number of carbonyl (C=O) groups is 1. The average molecular weight is 293 g/mol. The first kappa shape index (κ1) is 13.5. The minimum absolute atomic E-state index is 0.0420. The zero-order valence-electron chi connectivity index (χ0n) is 11.8. The van der Waals surface area contributed by atoms with Crippen LogP contribution in [0.4, 0.5) is 0 Å². The molecule has 0 spiro atoms. The Hall–Kier alpha value is -1.50. The van der Waals surface area contributed by atoms with Gasteiger partial charge in [-0.05, 0) is 31.3 Å². The van der Waals surface area contributed by atoms with E-state index >= 15 is 0 Å². The van der Waals surface area contributed by atoms with Gasteiger partial charge in [0.05, 0.1) is 11.9 Å². The second-order valence-corrected chi connectivity index (χ2v) is 6.45. The minimum Gasteiger partial charge on any atom is -0.352 e. The van der Waals surface area contributed by atoms with Gasteiger partial charge in [0.1, 0.15) is 17.6 Å². The van der Waals surface area contributed by atoms with Gasteiger partial charge in [0, 0.05) is 13.1 Å². The second-order valence-electron chi connectivity index (χ2n) is 5.22. The third-order valence-corrected chi connectivity index (χ3v) is 4.67. The molecule has 2 aromatic rings. The van der Waals surface area contributed by atoms with Crippen LogP contribution in [-0.4, -0.2) is 43.0 Å². The molecule has 6 nitrogen and oxygen atoms in total. The maximum atomic E-state index is 12.0. The fourth-order valence-corrected chi connectivity index (χ4v) is 3.68. The summed E-state index contributed by atoms with van der Waals surface area (Å²) >= 11 is 1.96. The van der Waals surface area contributed by atoms with Crippen LogP contribution in [0.5, 0.6) is 0 Å². The molecule has 0 saturated carbocycles. The smallest absolute Gasteiger partial charge is 0.241 e. The maximum Gasteiger partial charge on any atom is 0.241 e. The molecule has 3 rings (SSSR count). The monoisotopic (exact) mass is 293 g/mol. The first-order valence-corrected chi connectivity index (χ1v) is 8.03. The lowest BCUT2D eigenvalue weighted by molar-refractivity contribution is -0.122. The number of hydrogen-bond acceptors (Lipinski definition) is 4. The number of rotatable bonds is 3. The first-order valence-electron chi connectivity index (χ1n) is 6.87. The maximum absolute atomic E-state index is 12.0. The molecule has 1 aliphatic heterocycles. The highest BCUT2D eigenvalue weighted by Gasteiger charge is 2.17. The van der Waals surface area contributed by atoms with Crippen LogP contribution in [0.25, 0.3) is 11.0 Å². The van der Waals surface area contributed by atoms with Crippen LogP contribution >= 0.6 is 11.8 Å². The van der Waals surface area contributed by atoms with Gasteiger partial charge in [0.25, 0.3) is 0 Å². The number of hydrogen-bond donors (Lipinski definition) is 1. The molecule has 0 radical (unpaired) electrons. The van der Waals surface area contributed by atoms with E-state index in [9.17, 15) is 4.79 Å². The second kappa shape index (κ2) is 5.47. The van der Waals surface area contributed by atoms with E-state index < -0.39 is 0 Å². The van der Waals surface area contributed by atoms with E-state index in [1.807, 2.05) is 31.9 Å². The van der Waals surface area contributed by atoms with E-state index in [0.29, 0.717) is 6.04 Å². The number of nitrogens with zero attached hydrogens (tertiary/aromatic N) is 4. The fraction of sp³-hybridized carbons (Fsp3) is 0.615. The van der Waals surface area contributed by atoms with Crippen molar-refractivity contribution >= 4 is 28.7 Å². The van der Waals surface area contributed by atoms with Crippen molar-refractivity contribution in [2.24, 2.45) is 7.05 Å². The molecule has 1 saturated heterocycles. The van der Waals surface area contributed by atoms with Crippen LogP contribution < -0.4 is 5.32 Å². The number of aromatic nitrogens is 4. The Balaban J connectivity index is 1.66. The van der Waals surface area contributed by atoms with E-state index in [4.69, 9.17) is 0 Å². The van der Waals surface area contributed by atoms with Crippen molar-refractivity contribution in [2.75, 3.05) is 11.5 Å². The Labute approximate surface area is 121 Å². The zero-order chi connectivity index (χ0) is 14.1.